The van der Waals surface area contributed by atoms with E-state index in [0.717, 1.165) is 15.4 Å². The van der Waals surface area contributed by atoms with E-state index in [-0.39, 0.29) is 11.8 Å². The summed E-state index contributed by atoms with van der Waals surface area (Å²) in [4.78, 5) is 32.2. The summed E-state index contributed by atoms with van der Waals surface area (Å²) in [6.45, 7) is 6.48. The van der Waals surface area contributed by atoms with E-state index in [0.29, 0.717) is 33.7 Å². The van der Waals surface area contributed by atoms with Gasteiger partial charge in [-0.1, -0.05) is 23.7 Å². The van der Waals surface area contributed by atoms with Crippen LogP contribution in [-0.2, 0) is 11.3 Å². The molecule has 0 radical (unpaired) electrons. The minimum Gasteiger partial charge on any atom is -0.339 e. The van der Waals surface area contributed by atoms with Crippen molar-refractivity contribution in [3.8, 4) is 9.88 Å². The lowest BCUT2D eigenvalue weighted by Crippen LogP contribution is -2.27. The highest BCUT2D eigenvalue weighted by Gasteiger charge is 2.17. The fourth-order valence-electron chi connectivity index (χ4n) is 2.74. The average Bonchev–Trinajstić information content (AvgIpc) is 3.25. The zero-order chi connectivity index (χ0) is 20.3. The number of carbonyl (C=O) groups excluding carboxylic acids is 2. The largest absolute Gasteiger partial charge is 0.339 e. The minimum absolute atomic E-state index is 0.0263. The van der Waals surface area contributed by atoms with Crippen LogP contribution in [0.3, 0.4) is 0 Å². The van der Waals surface area contributed by atoms with E-state index in [9.17, 15) is 9.59 Å². The van der Waals surface area contributed by atoms with Crippen molar-refractivity contribution >= 4 is 51.8 Å². The molecule has 2 heterocycles. The molecular weight excluding hydrogens is 414 g/mol. The monoisotopic (exact) mass is 433 g/mol. The third-order valence-corrected chi connectivity index (χ3v) is 6.73. The Hall–Kier alpha value is -2.22. The second-order valence-corrected chi connectivity index (χ2v) is 8.94. The summed E-state index contributed by atoms with van der Waals surface area (Å²) in [5, 5.41) is 3.72. The number of thiophene rings is 1. The summed E-state index contributed by atoms with van der Waals surface area (Å²) in [7, 11) is 0. The van der Waals surface area contributed by atoms with Gasteiger partial charge in [-0.25, -0.2) is 4.98 Å². The highest BCUT2D eigenvalue weighted by Crippen LogP contribution is 2.35. The van der Waals surface area contributed by atoms with Crippen LogP contribution in [0.2, 0.25) is 4.34 Å². The average molecular weight is 434 g/mol. The van der Waals surface area contributed by atoms with Crippen LogP contribution in [0, 0.1) is 6.92 Å². The Morgan fingerprint density at radius 1 is 1.21 bits per heavy atom. The number of hydrogen-bond acceptors (Lipinski definition) is 5. The van der Waals surface area contributed by atoms with Crippen molar-refractivity contribution in [1.29, 1.82) is 0 Å². The molecule has 0 aliphatic heterocycles. The molecule has 0 fully saturated rings. The summed E-state index contributed by atoms with van der Waals surface area (Å²) in [5.41, 5.74) is 2.34. The van der Waals surface area contributed by atoms with Crippen LogP contribution in [0.25, 0.3) is 9.88 Å². The van der Waals surface area contributed by atoms with E-state index in [4.69, 9.17) is 11.6 Å². The number of aromatic nitrogens is 1. The summed E-state index contributed by atoms with van der Waals surface area (Å²) < 4.78 is 0.692. The molecule has 0 bridgehead atoms. The Morgan fingerprint density at radius 2 is 2.00 bits per heavy atom. The van der Waals surface area contributed by atoms with E-state index in [1.54, 1.807) is 11.8 Å². The van der Waals surface area contributed by atoms with Crippen LogP contribution in [0.1, 0.15) is 34.8 Å². The number of halogens is 1. The second-order valence-electron chi connectivity index (χ2n) is 6.23. The normalized spacial score (nSPS) is 10.7. The van der Waals surface area contributed by atoms with Crippen LogP contribution >= 0.6 is 34.3 Å². The number of benzene rings is 1. The number of nitrogens with one attached hydrogen (secondary N) is 1. The number of amides is 2. The van der Waals surface area contributed by atoms with Gasteiger partial charge in [-0.05, 0) is 43.7 Å². The first-order valence-electron chi connectivity index (χ1n) is 8.76. The molecule has 0 saturated carbocycles. The number of carbonyl (C=O) groups is 2. The second kappa shape index (κ2) is 8.86. The van der Waals surface area contributed by atoms with Crippen molar-refractivity contribution in [2.24, 2.45) is 0 Å². The highest BCUT2D eigenvalue weighted by molar-refractivity contribution is 7.24. The number of rotatable bonds is 6. The molecule has 0 saturated heterocycles. The molecule has 8 heteroatoms. The topological polar surface area (TPSA) is 62.3 Å². The molecule has 1 N–H and O–H groups in total. The van der Waals surface area contributed by atoms with Crippen LogP contribution in [0.4, 0.5) is 5.69 Å². The fourth-order valence-corrected chi connectivity index (χ4v) is 4.80. The van der Waals surface area contributed by atoms with Crippen LogP contribution in [-0.4, -0.2) is 28.2 Å². The van der Waals surface area contributed by atoms with Gasteiger partial charge in [-0.3, -0.25) is 9.59 Å². The molecule has 28 heavy (non-hydrogen) atoms. The summed E-state index contributed by atoms with van der Waals surface area (Å²) >= 11 is 8.79. The van der Waals surface area contributed by atoms with Gasteiger partial charge in [0, 0.05) is 25.7 Å². The summed E-state index contributed by atoms with van der Waals surface area (Å²) in [5.74, 6) is -0.168. The van der Waals surface area contributed by atoms with E-state index in [2.05, 4.69) is 10.3 Å². The Labute approximate surface area is 177 Å². The lowest BCUT2D eigenvalue weighted by molar-refractivity contribution is -0.129. The van der Waals surface area contributed by atoms with Crippen molar-refractivity contribution in [1.82, 2.24) is 9.88 Å². The molecule has 1 aromatic carbocycles. The van der Waals surface area contributed by atoms with Gasteiger partial charge in [0.05, 0.1) is 14.9 Å². The number of aryl methyl sites for hydroxylation is 1. The number of thiazole rings is 1. The highest BCUT2D eigenvalue weighted by atomic mass is 35.5. The number of anilines is 1. The van der Waals surface area contributed by atoms with Crippen molar-refractivity contribution in [3.05, 3.63) is 56.9 Å². The van der Waals surface area contributed by atoms with Gasteiger partial charge in [-0.15, -0.1) is 22.7 Å². The molecule has 0 aliphatic carbocycles. The molecule has 0 atom stereocenters. The molecule has 2 amide bonds. The minimum atomic E-state index is -0.194. The molecule has 3 rings (SSSR count). The maximum Gasteiger partial charge on any atom is 0.267 e. The van der Waals surface area contributed by atoms with E-state index >= 15 is 0 Å². The quantitative estimate of drug-likeness (QED) is 0.561. The summed E-state index contributed by atoms with van der Waals surface area (Å²) in [6, 6.07) is 11.3. The molecule has 146 valence electrons. The maximum absolute atomic E-state index is 12.8. The maximum atomic E-state index is 12.8. The van der Waals surface area contributed by atoms with Gasteiger partial charge < -0.3 is 10.2 Å². The first-order valence-corrected chi connectivity index (χ1v) is 10.8. The molecule has 0 spiro atoms. The van der Waals surface area contributed by atoms with E-state index in [1.165, 1.54) is 22.7 Å². The molecular formula is C20H20ClN3O2S2. The van der Waals surface area contributed by atoms with E-state index in [1.807, 2.05) is 50.2 Å². The molecule has 0 unspecified atom stereocenters. The van der Waals surface area contributed by atoms with Crippen molar-refractivity contribution in [2.45, 2.75) is 27.3 Å². The van der Waals surface area contributed by atoms with Crippen molar-refractivity contribution in [2.75, 3.05) is 11.9 Å². The van der Waals surface area contributed by atoms with Crippen molar-refractivity contribution < 1.29 is 9.59 Å². The Bertz CT molecular complexity index is 1010. The fraction of sp³-hybridized carbons (Fsp3) is 0.250. The number of nitrogens with zero attached hydrogens (tertiary/aromatic N) is 2. The molecule has 3 aromatic rings. The Kier molecular flexibility index (Phi) is 6.49. The van der Waals surface area contributed by atoms with Crippen molar-refractivity contribution in [3.63, 3.8) is 0 Å². The van der Waals surface area contributed by atoms with Crippen LogP contribution in [0.15, 0.2) is 36.4 Å². The predicted molar refractivity (Wildman–Crippen MR) is 116 cm³/mol. The zero-order valence-electron chi connectivity index (χ0n) is 15.8. The Balaban J connectivity index is 1.75. The zero-order valence-corrected chi connectivity index (χ0v) is 18.2. The van der Waals surface area contributed by atoms with Crippen LogP contribution < -0.4 is 5.32 Å². The van der Waals surface area contributed by atoms with Gasteiger partial charge in [0.2, 0.25) is 5.91 Å². The lowest BCUT2D eigenvalue weighted by Gasteiger charge is -2.19. The number of hydrogen-bond donors (Lipinski definition) is 1. The van der Waals surface area contributed by atoms with Gasteiger partial charge >= 0.3 is 0 Å². The molecule has 0 aliphatic rings. The molecule has 5 nitrogen and oxygen atoms in total. The molecule has 2 aromatic heterocycles. The van der Waals surface area contributed by atoms with Crippen LogP contribution in [0.5, 0.6) is 0 Å². The Morgan fingerprint density at radius 3 is 2.64 bits per heavy atom. The smallest absolute Gasteiger partial charge is 0.267 e. The summed E-state index contributed by atoms with van der Waals surface area (Å²) in [6.07, 6.45) is 0. The first-order chi connectivity index (χ1) is 13.4. The van der Waals surface area contributed by atoms with Gasteiger partial charge in [0.15, 0.2) is 0 Å². The third kappa shape index (κ3) is 4.79. The van der Waals surface area contributed by atoms with Gasteiger partial charge in [-0.2, -0.15) is 0 Å². The van der Waals surface area contributed by atoms with Gasteiger partial charge in [0.25, 0.3) is 5.91 Å². The van der Waals surface area contributed by atoms with E-state index < -0.39 is 0 Å². The lowest BCUT2D eigenvalue weighted by atomic mass is 10.2. The van der Waals surface area contributed by atoms with Gasteiger partial charge in [0.1, 0.15) is 9.88 Å². The standard InChI is InChI=1S/C20H20ClN3O2S2/c1-4-24(13(3)25)11-14-6-5-7-15(10-14)23-19(26)18-12(2)22-20(28-18)16-8-9-17(21)27-16/h5-10H,4,11H2,1-3H3,(H,23,26). The first kappa shape index (κ1) is 20.5. The predicted octanol–water partition coefficient (Wildman–Crippen LogP) is 5.45. The SMILES string of the molecule is CCN(Cc1cccc(NC(=O)c2sc(-c3ccc(Cl)s3)nc2C)c1)C(C)=O. The third-order valence-electron chi connectivity index (χ3n) is 4.17.